The number of benzene rings is 1. The van der Waals surface area contributed by atoms with Gasteiger partial charge >= 0.3 is 0 Å². The molecule has 1 amide bonds. The summed E-state index contributed by atoms with van der Waals surface area (Å²) in [6.07, 6.45) is 3.91. The predicted molar refractivity (Wildman–Crippen MR) is 148 cm³/mol. The molecule has 1 aliphatic carbocycles. The van der Waals surface area contributed by atoms with Gasteiger partial charge in [0.1, 0.15) is 5.69 Å². The molecule has 0 spiro atoms. The molecule has 5 unspecified atom stereocenters. The van der Waals surface area contributed by atoms with Crippen LogP contribution in [0.5, 0.6) is 0 Å². The number of rotatable bonds is 5. The molecule has 6 rings (SSSR count). The molecule has 3 aliphatic rings. The highest BCUT2D eigenvalue weighted by molar-refractivity contribution is 6.43. The normalized spacial score (nSPS) is 26.6. The standard InChI is InChI=1S/C30H35FN6O3/c1-18-11-25-26(40-17-22-16-36(9-10-37(22)25)30-32-14-21(31)15-33-30)13-24(18)34-29(39)28(38)27-23(12-19(2)35(27)3)20-7-5-4-6-8-20/h4-8,12,14-15,18,22,24-26H,9-11,13,16-17H2,1-3H3,(H,34,39). The van der Waals surface area contributed by atoms with Crippen LogP contribution in [0.15, 0.2) is 48.8 Å². The van der Waals surface area contributed by atoms with E-state index in [9.17, 15) is 14.0 Å². The molecule has 9 nitrogen and oxygen atoms in total. The number of Topliss-reactive ketones (excluding diaryl/α,β-unsaturated/α-hetero) is 1. The molecule has 40 heavy (non-hydrogen) atoms. The maximum absolute atomic E-state index is 13.5. The van der Waals surface area contributed by atoms with Crippen molar-refractivity contribution in [1.82, 2.24) is 24.8 Å². The minimum absolute atomic E-state index is 0.0152. The van der Waals surface area contributed by atoms with E-state index in [1.165, 1.54) is 12.4 Å². The van der Waals surface area contributed by atoms with Gasteiger partial charge in [0, 0.05) is 50.0 Å². The van der Waals surface area contributed by atoms with E-state index in [1.807, 2.05) is 50.4 Å². The summed E-state index contributed by atoms with van der Waals surface area (Å²) in [6.45, 7) is 6.96. The molecule has 3 aromatic rings. The minimum atomic E-state index is -0.574. The second kappa shape index (κ2) is 10.7. The lowest BCUT2D eigenvalue weighted by Gasteiger charge is -2.54. The summed E-state index contributed by atoms with van der Waals surface area (Å²) >= 11 is 0. The number of piperazine rings is 1. The first kappa shape index (κ1) is 26.6. The highest BCUT2D eigenvalue weighted by atomic mass is 19.1. The van der Waals surface area contributed by atoms with Gasteiger partial charge in [-0.1, -0.05) is 37.3 Å². The van der Waals surface area contributed by atoms with E-state index in [0.717, 1.165) is 42.9 Å². The average molecular weight is 547 g/mol. The first-order valence-electron chi connectivity index (χ1n) is 14.0. The van der Waals surface area contributed by atoms with Gasteiger partial charge < -0.3 is 19.5 Å². The van der Waals surface area contributed by atoms with Crippen LogP contribution in [-0.2, 0) is 16.6 Å². The molecule has 2 saturated heterocycles. The van der Waals surface area contributed by atoms with Crippen molar-refractivity contribution in [2.45, 2.75) is 50.9 Å². The van der Waals surface area contributed by atoms with Crippen molar-refractivity contribution in [3.8, 4) is 11.1 Å². The fraction of sp³-hybridized carbons (Fsp3) is 0.467. The molecule has 1 N–H and O–H groups in total. The number of morpholine rings is 1. The number of fused-ring (bicyclic) bond motifs is 3. The predicted octanol–water partition coefficient (Wildman–Crippen LogP) is 2.99. The summed E-state index contributed by atoms with van der Waals surface area (Å²) < 4.78 is 21.4. The molecule has 1 saturated carbocycles. The second-order valence-corrected chi connectivity index (χ2v) is 11.3. The topological polar surface area (TPSA) is 92.6 Å². The molecule has 3 fully saturated rings. The van der Waals surface area contributed by atoms with Crippen molar-refractivity contribution in [2.75, 3.05) is 31.1 Å². The summed E-state index contributed by atoms with van der Waals surface area (Å²) in [5, 5.41) is 3.06. The van der Waals surface area contributed by atoms with Gasteiger partial charge in [0.15, 0.2) is 5.82 Å². The Bertz CT molecular complexity index is 1390. The first-order valence-corrected chi connectivity index (χ1v) is 14.0. The average Bonchev–Trinajstić information content (AvgIpc) is 3.27. The Hall–Kier alpha value is -3.63. The number of aryl methyl sites for hydroxylation is 1. The van der Waals surface area contributed by atoms with Gasteiger partial charge in [-0.3, -0.25) is 14.5 Å². The number of anilines is 1. The lowest BCUT2D eigenvalue weighted by molar-refractivity contribution is -0.136. The molecule has 5 atom stereocenters. The molecule has 0 radical (unpaired) electrons. The monoisotopic (exact) mass is 546 g/mol. The highest BCUT2D eigenvalue weighted by Crippen LogP contribution is 2.36. The molecule has 0 bridgehead atoms. The van der Waals surface area contributed by atoms with E-state index in [0.29, 0.717) is 24.7 Å². The zero-order valence-electron chi connectivity index (χ0n) is 23.1. The van der Waals surface area contributed by atoms with E-state index in [2.05, 4.69) is 32.0 Å². The Morgan fingerprint density at radius 1 is 1.10 bits per heavy atom. The van der Waals surface area contributed by atoms with Crippen molar-refractivity contribution in [3.63, 3.8) is 0 Å². The quantitative estimate of drug-likeness (QED) is 0.389. The van der Waals surface area contributed by atoms with E-state index in [-0.39, 0.29) is 30.1 Å². The Morgan fingerprint density at radius 2 is 1.85 bits per heavy atom. The summed E-state index contributed by atoms with van der Waals surface area (Å²) in [6, 6.07) is 11.9. The van der Waals surface area contributed by atoms with Crippen molar-refractivity contribution in [3.05, 3.63) is 66.0 Å². The van der Waals surface area contributed by atoms with Crippen molar-refractivity contribution >= 4 is 17.6 Å². The maximum Gasteiger partial charge on any atom is 0.294 e. The molecule has 10 heteroatoms. The summed E-state index contributed by atoms with van der Waals surface area (Å²) in [5.41, 5.74) is 3.00. The molecule has 4 heterocycles. The number of hydrogen-bond acceptors (Lipinski definition) is 7. The number of ether oxygens (including phenoxy) is 1. The van der Waals surface area contributed by atoms with Gasteiger partial charge in [-0.25, -0.2) is 14.4 Å². The maximum atomic E-state index is 13.5. The van der Waals surface area contributed by atoms with Crippen LogP contribution in [0, 0.1) is 18.7 Å². The lowest BCUT2D eigenvalue weighted by Crippen LogP contribution is -2.67. The molecule has 210 valence electrons. The molecule has 1 aromatic carbocycles. The van der Waals surface area contributed by atoms with Gasteiger partial charge in [-0.05, 0) is 37.3 Å². The number of amides is 1. The van der Waals surface area contributed by atoms with Crippen LogP contribution in [0.1, 0.15) is 35.9 Å². The Morgan fingerprint density at radius 3 is 2.60 bits per heavy atom. The van der Waals surface area contributed by atoms with Crippen LogP contribution in [0.2, 0.25) is 0 Å². The summed E-state index contributed by atoms with van der Waals surface area (Å²) in [4.78, 5) is 39.7. The van der Waals surface area contributed by atoms with Gasteiger partial charge in [-0.15, -0.1) is 0 Å². The molecule has 2 aromatic heterocycles. The molecule has 2 aliphatic heterocycles. The summed E-state index contributed by atoms with van der Waals surface area (Å²) in [7, 11) is 1.82. The SMILES string of the molecule is Cc1cc(-c2ccccc2)c(C(=O)C(=O)NC2CC3OCC4CN(c5ncc(F)cn5)CCN4C3CC2C)n1C. The fourth-order valence-electron chi connectivity index (χ4n) is 6.59. The lowest BCUT2D eigenvalue weighted by atomic mass is 9.78. The number of hydrogen-bond donors (Lipinski definition) is 1. The van der Waals surface area contributed by atoms with Crippen LogP contribution in [-0.4, -0.2) is 81.6 Å². The molecular weight excluding hydrogens is 511 g/mol. The Balaban J connectivity index is 1.11. The van der Waals surface area contributed by atoms with Gasteiger partial charge in [-0.2, -0.15) is 0 Å². The Kier molecular flexibility index (Phi) is 7.14. The van der Waals surface area contributed by atoms with Gasteiger partial charge in [0.05, 0.1) is 31.1 Å². The fourth-order valence-corrected chi connectivity index (χ4v) is 6.59. The smallest absolute Gasteiger partial charge is 0.294 e. The third-order valence-electron chi connectivity index (χ3n) is 8.86. The molecular formula is C30H35FN6O3. The van der Waals surface area contributed by atoms with Crippen molar-refractivity contribution < 1.29 is 18.7 Å². The van der Waals surface area contributed by atoms with Crippen LogP contribution < -0.4 is 10.2 Å². The van der Waals surface area contributed by atoms with E-state index in [1.54, 1.807) is 4.57 Å². The van der Waals surface area contributed by atoms with Gasteiger partial charge in [0.2, 0.25) is 5.95 Å². The number of aromatic nitrogens is 3. The van der Waals surface area contributed by atoms with Crippen LogP contribution in [0.25, 0.3) is 11.1 Å². The van der Waals surface area contributed by atoms with E-state index >= 15 is 0 Å². The summed E-state index contributed by atoms with van der Waals surface area (Å²) in [5.74, 6) is -0.817. The van der Waals surface area contributed by atoms with E-state index in [4.69, 9.17) is 4.74 Å². The minimum Gasteiger partial charge on any atom is -0.375 e. The largest absolute Gasteiger partial charge is 0.375 e. The number of nitrogens with zero attached hydrogens (tertiary/aromatic N) is 5. The second-order valence-electron chi connectivity index (χ2n) is 11.3. The van der Waals surface area contributed by atoms with E-state index < -0.39 is 17.5 Å². The van der Waals surface area contributed by atoms with Crippen LogP contribution >= 0.6 is 0 Å². The zero-order valence-corrected chi connectivity index (χ0v) is 23.1. The number of nitrogens with one attached hydrogen (secondary N) is 1. The third kappa shape index (κ3) is 4.90. The van der Waals surface area contributed by atoms with Crippen molar-refractivity contribution in [2.24, 2.45) is 13.0 Å². The Labute approximate surface area is 233 Å². The zero-order chi connectivity index (χ0) is 28.0. The third-order valence-corrected chi connectivity index (χ3v) is 8.86. The van der Waals surface area contributed by atoms with Crippen LogP contribution in [0.3, 0.4) is 0 Å². The van der Waals surface area contributed by atoms with Crippen LogP contribution in [0.4, 0.5) is 10.3 Å². The number of carbonyl (C=O) groups excluding carboxylic acids is 2. The van der Waals surface area contributed by atoms with Crippen molar-refractivity contribution in [1.29, 1.82) is 0 Å². The first-order chi connectivity index (χ1) is 19.3. The highest BCUT2D eigenvalue weighted by Gasteiger charge is 2.46. The number of halogens is 1. The van der Waals surface area contributed by atoms with Gasteiger partial charge in [0.25, 0.3) is 11.7 Å². The number of carbonyl (C=O) groups is 2. The number of ketones is 1.